The minimum Gasteiger partial charge on any atom is -0.509 e. The zero-order valence-electron chi connectivity index (χ0n) is 53.6. The fourth-order valence-electron chi connectivity index (χ4n) is 10.2. The zero-order chi connectivity index (χ0) is 59.2. The fraction of sp³-hybridized carbons (Fsp3) is 0.294. The van der Waals surface area contributed by atoms with Crippen LogP contribution in [-0.2, 0) is 52.2 Å². The predicted molar refractivity (Wildman–Crippen MR) is 305 cm³/mol. The molecule has 0 bridgehead atoms. The Kier molecular flexibility index (Phi) is 12.8. The first-order chi connectivity index (χ1) is 39.7. The van der Waals surface area contributed by atoms with Crippen LogP contribution in [-0.4, -0.2) is 26.7 Å². The normalized spacial score (nSPS) is 14.2. The summed E-state index contributed by atoms with van der Waals surface area (Å²) in [6.45, 7) is 15.6. The Morgan fingerprint density at radius 3 is 2.11 bits per heavy atom. The molecule has 0 saturated heterocycles. The summed E-state index contributed by atoms with van der Waals surface area (Å²) >= 11 is 0. The topological polar surface area (TPSA) is 33.1 Å². The van der Waals surface area contributed by atoms with E-state index in [1.165, 1.54) is 29.4 Å². The van der Waals surface area contributed by atoms with Gasteiger partial charge in [0, 0.05) is 41.8 Å². The first kappa shape index (κ1) is 40.7. The molecule has 0 unspecified atom stereocenters. The van der Waals surface area contributed by atoms with Crippen LogP contribution in [0.1, 0.15) is 129 Å². The van der Waals surface area contributed by atoms with Crippen LogP contribution in [0.5, 0.6) is 11.5 Å². The minimum atomic E-state index is -0.515. The van der Waals surface area contributed by atoms with Gasteiger partial charge in [-0.05, 0) is 112 Å². The molecule has 0 aliphatic carbocycles. The van der Waals surface area contributed by atoms with Gasteiger partial charge in [-0.25, -0.2) is 4.98 Å². The maximum Gasteiger partial charge on any atom is 2.00 e. The molecule has 0 saturated carbocycles. The average molecular weight is 1160 g/mol. The van der Waals surface area contributed by atoms with Crippen molar-refractivity contribution in [3.05, 3.63) is 198 Å². The Labute approximate surface area is 468 Å². The molecule has 0 spiro atoms. The first-order valence-corrected chi connectivity index (χ1v) is 26.1. The summed E-state index contributed by atoms with van der Waals surface area (Å²) in [6.07, 6.45) is 10.1. The van der Waals surface area contributed by atoms with Gasteiger partial charge in [0.05, 0.1) is 13.7 Å². The molecule has 1 aliphatic rings. The van der Waals surface area contributed by atoms with Crippen molar-refractivity contribution in [3.8, 4) is 39.6 Å². The van der Waals surface area contributed by atoms with Gasteiger partial charge in [0.15, 0.2) is 6.54 Å². The van der Waals surface area contributed by atoms with E-state index < -0.39 is 36.3 Å². The van der Waals surface area contributed by atoms with Crippen LogP contribution < -0.4 is 9.31 Å². The van der Waals surface area contributed by atoms with Crippen molar-refractivity contribution in [2.24, 2.45) is 5.92 Å². The molecule has 0 N–H and O–H groups in total. The van der Waals surface area contributed by atoms with E-state index in [-0.39, 0.29) is 67.7 Å². The molecule has 10 rings (SSSR count). The number of fused-ring (bicyclic) bond motifs is 4. The molecule has 0 radical (unpaired) electrons. The molecular weight excluding hydrogens is 1080 g/mol. The third kappa shape index (κ3) is 11.4. The summed E-state index contributed by atoms with van der Waals surface area (Å²) in [5.74, 6) is 2.12. The van der Waals surface area contributed by atoms with E-state index in [4.69, 9.17) is 23.4 Å². The number of pyridine rings is 1. The van der Waals surface area contributed by atoms with Crippen molar-refractivity contribution in [3.63, 3.8) is 0 Å². The molecule has 0 atom stereocenters. The van der Waals surface area contributed by atoms with Gasteiger partial charge in [-0.2, -0.15) is 12.1 Å². The van der Waals surface area contributed by atoms with Crippen LogP contribution in [0.25, 0.3) is 49.9 Å². The van der Waals surface area contributed by atoms with Crippen LogP contribution in [0.3, 0.4) is 0 Å². The third-order valence-electron chi connectivity index (χ3n) is 13.7. The smallest absolute Gasteiger partial charge is 0.509 e. The number of aromatic nitrogens is 2. The van der Waals surface area contributed by atoms with Crippen molar-refractivity contribution < 1.29 is 44.1 Å². The first-order valence-electron chi connectivity index (χ1n) is 31.1. The second-order valence-corrected chi connectivity index (χ2v) is 20.7. The van der Waals surface area contributed by atoms with Crippen LogP contribution in [0.4, 0.5) is 17.1 Å². The molecule has 74 heavy (non-hydrogen) atoms. The number of rotatable bonds is 19. The Morgan fingerprint density at radius 1 is 0.703 bits per heavy atom. The Balaban J connectivity index is 0.00000846. The molecule has 3 heterocycles. The van der Waals surface area contributed by atoms with E-state index >= 15 is 0 Å². The minimum absolute atomic E-state index is 0. The van der Waals surface area contributed by atoms with E-state index in [0.29, 0.717) is 60.4 Å². The number of hydrogen-bond acceptors (Lipinski definition) is 2. The third-order valence-corrected chi connectivity index (χ3v) is 13.7. The molecule has 2 aromatic heterocycles. The number of benzene rings is 7. The summed E-state index contributed by atoms with van der Waals surface area (Å²) in [5, 5.41) is 2.27. The SMILES string of the molecule is [2H]c1c([2H])c([2H])c(-c2cc(CC(C)C)cc(-c3c([2H])c([2H])c([2H])c([2H])c3[2H])c2CCCC[N+]2=C=[N+](c3[c-]c(Oc4[c-]c5c(cc4CCC)c4cc(CCCCC)ccc4n5-c4cc(C(C)(C)C)ccn4)ccc3)c3ccccc32)c([2H])c1[2H].[Pt+2]. The van der Waals surface area contributed by atoms with Crippen LogP contribution in [0, 0.1) is 18.1 Å². The van der Waals surface area contributed by atoms with Gasteiger partial charge < -0.3 is 9.30 Å². The fourth-order valence-corrected chi connectivity index (χ4v) is 10.2. The second kappa shape index (κ2) is 23.3. The molecule has 1 aliphatic heterocycles. The van der Waals surface area contributed by atoms with E-state index in [2.05, 4.69) is 98.3 Å². The Morgan fingerprint density at radius 2 is 1.42 bits per heavy atom. The predicted octanol–water partition coefficient (Wildman–Crippen LogP) is 17.8. The number of hydrogen-bond donors (Lipinski definition) is 0. The van der Waals surface area contributed by atoms with Crippen LogP contribution >= 0.6 is 0 Å². The van der Waals surface area contributed by atoms with Gasteiger partial charge >= 0.3 is 27.1 Å². The molecule has 7 aromatic carbocycles. The van der Waals surface area contributed by atoms with E-state index in [9.17, 15) is 0 Å². The van der Waals surface area contributed by atoms with Crippen molar-refractivity contribution in [1.82, 2.24) is 14.1 Å². The van der Waals surface area contributed by atoms with Crippen LogP contribution in [0.2, 0.25) is 0 Å². The summed E-state index contributed by atoms with van der Waals surface area (Å²) in [6, 6.07) is 37.5. The van der Waals surface area contributed by atoms with Gasteiger partial charge in [0.2, 0.25) is 0 Å². The van der Waals surface area contributed by atoms with Gasteiger partial charge in [0.25, 0.3) is 11.4 Å². The average Bonchev–Trinajstić information content (AvgIpc) is 2.82. The molecule has 0 amide bonds. The molecule has 6 heteroatoms. The van der Waals surface area contributed by atoms with Crippen molar-refractivity contribution in [1.29, 1.82) is 0 Å². The van der Waals surface area contributed by atoms with E-state index in [1.54, 1.807) is 0 Å². The van der Waals surface area contributed by atoms with Crippen molar-refractivity contribution in [2.45, 2.75) is 118 Å². The largest absolute Gasteiger partial charge is 2.00 e. The number of aryl methyl sites for hydroxylation is 2. The number of unbranched alkanes of at least 4 members (excludes halogenated alkanes) is 3. The molecule has 376 valence electrons. The van der Waals surface area contributed by atoms with Crippen LogP contribution in [0.15, 0.2) is 158 Å². The number of ether oxygens (including phenoxy) is 1. The molecule has 9 aromatic rings. The van der Waals surface area contributed by atoms with E-state index in [0.717, 1.165) is 76.1 Å². The monoisotopic (exact) mass is 1160 g/mol. The van der Waals surface area contributed by atoms with Crippen molar-refractivity contribution >= 4 is 44.9 Å². The zero-order valence-corrected chi connectivity index (χ0v) is 45.9. The van der Waals surface area contributed by atoms with Gasteiger partial charge in [-0.3, -0.25) is 0 Å². The summed E-state index contributed by atoms with van der Waals surface area (Å²) in [7, 11) is 0. The maximum absolute atomic E-state index is 9.09. The summed E-state index contributed by atoms with van der Waals surface area (Å²) < 4.78 is 101. The molecule has 0 fully saturated rings. The van der Waals surface area contributed by atoms with Gasteiger partial charge in [-0.15, -0.1) is 23.1 Å². The summed E-state index contributed by atoms with van der Waals surface area (Å²) in [4.78, 5) is 4.96. The molecular formula is C68H70N4OPt+2. The number of nitrogens with zero attached hydrogens (tertiary/aromatic N) is 4. The van der Waals surface area contributed by atoms with Gasteiger partial charge in [-0.1, -0.05) is 198 Å². The maximum atomic E-state index is 9.09. The standard InChI is InChI=1S/C68H70N4O.Pt/c1-8-10-13-24-49-34-35-62-60(40-49)61-43-53(23-9-2)66(46-65(61)72(62)67-44-54(36-37-69-67)68(5,6)7)73-56-30-22-29-55(45-56)71-47-70(63-32-18-19-33-64(63)71)38-21-20-31-57-58(51-25-14-11-15-26-51)41-50(39-48(3)4)42-59(57)52-27-16-12-17-28-52;/h11-12,14-19,22,25-30,32-37,40-44,48H,8-10,13,20-21,23-24,31,38-39H2,1-7H3;/q;+2/i11D,12D,14D,15D,16D,17D,25D,26D,27D,28D;. The van der Waals surface area contributed by atoms with E-state index in [1.807, 2.05) is 79.2 Å². The number of para-hydroxylation sites is 2. The Hall–Kier alpha value is -6.64. The molecule has 5 nitrogen and oxygen atoms in total. The van der Waals surface area contributed by atoms with Crippen molar-refractivity contribution in [2.75, 3.05) is 6.54 Å². The summed E-state index contributed by atoms with van der Waals surface area (Å²) in [5.41, 5.74) is 10.0. The Bertz CT molecular complexity index is 3950. The van der Waals surface area contributed by atoms with Gasteiger partial charge in [0.1, 0.15) is 11.5 Å². The second-order valence-electron chi connectivity index (χ2n) is 20.7. The quantitative estimate of drug-likeness (QED) is 0.0459.